The van der Waals surface area contributed by atoms with Crippen LogP contribution in [-0.2, 0) is 15.4 Å². The van der Waals surface area contributed by atoms with Crippen LogP contribution >= 0.6 is 50.2 Å². The zero-order valence-electron chi connectivity index (χ0n) is 10.8. The number of hydrogen-bond acceptors (Lipinski definition) is 4. The van der Waals surface area contributed by atoms with Gasteiger partial charge in [0, 0.05) is 16.8 Å². The molecular formula is C12H13BrClNO2S3. The predicted molar refractivity (Wildman–Crippen MR) is 89.6 cm³/mol. The molecule has 0 aromatic carbocycles. The van der Waals surface area contributed by atoms with Crippen LogP contribution in [0, 0.1) is 0 Å². The normalized spacial score (nSPS) is 12.8. The van der Waals surface area contributed by atoms with Gasteiger partial charge in [0.25, 0.3) is 0 Å². The zero-order chi connectivity index (χ0) is 15.0. The number of thiophene rings is 2. The minimum Gasteiger partial charge on any atom is -0.210 e. The van der Waals surface area contributed by atoms with Crippen LogP contribution in [0.25, 0.3) is 0 Å². The zero-order valence-corrected chi connectivity index (χ0v) is 15.6. The van der Waals surface area contributed by atoms with Crippen molar-refractivity contribution in [1.82, 2.24) is 4.72 Å². The van der Waals surface area contributed by atoms with Gasteiger partial charge < -0.3 is 0 Å². The second-order valence-electron chi connectivity index (χ2n) is 4.87. The van der Waals surface area contributed by atoms with Crippen LogP contribution in [0.5, 0.6) is 0 Å². The number of rotatable bonds is 5. The first-order chi connectivity index (χ1) is 9.22. The summed E-state index contributed by atoms with van der Waals surface area (Å²) in [4.78, 5) is 1.14. The lowest BCUT2D eigenvalue weighted by Crippen LogP contribution is -2.35. The van der Waals surface area contributed by atoms with Gasteiger partial charge in [-0.25, -0.2) is 13.1 Å². The molecule has 20 heavy (non-hydrogen) atoms. The first kappa shape index (κ1) is 16.5. The van der Waals surface area contributed by atoms with E-state index in [4.69, 9.17) is 11.6 Å². The molecule has 2 heterocycles. The van der Waals surface area contributed by atoms with Gasteiger partial charge in [0.2, 0.25) is 10.0 Å². The summed E-state index contributed by atoms with van der Waals surface area (Å²) in [5.41, 5.74) is -0.250. The minimum absolute atomic E-state index is 0.219. The standard InChI is InChI=1S/C12H13BrClNO2S3/c1-12(2,9-4-3-5-18-9)7-15-20(16,17)10-6-8(14)11(13)19-10/h3-6,15H,7H2,1-2H3. The molecule has 0 unspecified atom stereocenters. The van der Waals surface area contributed by atoms with E-state index in [0.29, 0.717) is 15.4 Å². The van der Waals surface area contributed by atoms with Crippen LogP contribution in [0.4, 0.5) is 0 Å². The Morgan fingerprint density at radius 1 is 1.45 bits per heavy atom. The smallest absolute Gasteiger partial charge is 0.210 e. The van der Waals surface area contributed by atoms with Crippen molar-refractivity contribution in [3.63, 3.8) is 0 Å². The van der Waals surface area contributed by atoms with Crippen molar-refractivity contribution in [2.75, 3.05) is 6.54 Å². The van der Waals surface area contributed by atoms with Gasteiger partial charge in [-0.05, 0) is 33.4 Å². The van der Waals surface area contributed by atoms with Crippen molar-refractivity contribution >= 4 is 60.2 Å². The van der Waals surface area contributed by atoms with Gasteiger partial charge in [-0.1, -0.05) is 31.5 Å². The second kappa shape index (κ2) is 6.06. The van der Waals surface area contributed by atoms with Crippen LogP contribution in [0.15, 0.2) is 31.6 Å². The molecule has 2 aromatic heterocycles. The molecular weight excluding hydrogens is 402 g/mol. The van der Waals surface area contributed by atoms with Crippen LogP contribution in [0.1, 0.15) is 18.7 Å². The van der Waals surface area contributed by atoms with Gasteiger partial charge >= 0.3 is 0 Å². The lowest BCUT2D eigenvalue weighted by atomic mass is 9.92. The summed E-state index contributed by atoms with van der Waals surface area (Å²) >= 11 is 11.8. The fraction of sp³-hybridized carbons (Fsp3) is 0.333. The molecule has 0 saturated heterocycles. The van der Waals surface area contributed by atoms with Gasteiger partial charge in [0.05, 0.1) is 8.81 Å². The highest BCUT2D eigenvalue weighted by Gasteiger charge is 2.26. The minimum atomic E-state index is -3.53. The molecule has 2 rings (SSSR count). The lowest BCUT2D eigenvalue weighted by Gasteiger charge is -2.23. The molecule has 0 aliphatic carbocycles. The molecule has 0 aliphatic heterocycles. The van der Waals surface area contributed by atoms with E-state index >= 15 is 0 Å². The highest BCUT2D eigenvalue weighted by atomic mass is 79.9. The molecule has 0 fully saturated rings. The summed E-state index contributed by atoms with van der Waals surface area (Å²) in [5.74, 6) is 0. The summed E-state index contributed by atoms with van der Waals surface area (Å²) < 4.78 is 28.0. The Kier molecular flexibility index (Phi) is 4.98. The predicted octanol–water partition coefficient (Wildman–Crippen LogP) is 4.48. The van der Waals surface area contributed by atoms with Gasteiger partial charge in [0.15, 0.2) is 0 Å². The Balaban J connectivity index is 2.14. The Labute approximate surface area is 140 Å². The van der Waals surface area contributed by atoms with Crippen molar-refractivity contribution in [2.45, 2.75) is 23.5 Å². The number of sulfonamides is 1. The fourth-order valence-corrected chi connectivity index (χ4v) is 6.06. The second-order valence-corrected chi connectivity index (χ2v) is 10.6. The maximum atomic E-state index is 12.2. The Bertz CT molecular complexity index is 673. The summed E-state index contributed by atoms with van der Waals surface area (Å²) in [6, 6.07) is 5.43. The summed E-state index contributed by atoms with van der Waals surface area (Å²) in [7, 11) is -3.53. The Morgan fingerprint density at radius 3 is 2.65 bits per heavy atom. The average molecular weight is 415 g/mol. The van der Waals surface area contributed by atoms with Crippen molar-refractivity contribution < 1.29 is 8.42 Å². The third-order valence-corrected chi connectivity index (χ3v) is 8.37. The molecule has 8 heteroatoms. The maximum absolute atomic E-state index is 12.2. The molecule has 0 bridgehead atoms. The SMILES string of the molecule is CC(C)(CNS(=O)(=O)c1cc(Cl)c(Br)s1)c1cccs1. The molecule has 0 amide bonds. The van der Waals surface area contributed by atoms with Crippen molar-refractivity contribution in [3.05, 3.63) is 37.3 Å². The van der Waals surface area contributed by atoms with Gasteiger partial charge in [-0.3, -0.25) is 0 Å². The van der Waals surface area contributed by atoms with Gasteiger partial charge in [-0.2, -0.15) is 0 Å². The molecule has 0 atom stereocenters. The van der Waals surface area contributed by atoms with Crippen molar-refractivity contribution in [1.29, 1.82) is 0 Å². The quantitative estimate of drug-likeness (QED) is 0.784. The highest BCUT2D eigenvalue weighted by Crippen LogP contribution is 2.35. The first-order valence-electron chi connectivity index (χ1n) is 5.71. The van der Waals surface area contributed by atoms with E-state index in [9.17, 15) is 8.42 Å². The number of halogens is 2. The van der Waals surface area contributed by atoms with Crippen LogP contribution < -0.4 is 4.72 Å². The monoisotopic (exact) mass is 413 g/mol. The Morgan fingerprint density at radius 2 is 2.15 bits per heavy atom. The third kappa shape index (κ3) is 3.64. The van der Waals surface area contributed by atoms with Crippen LogP contribution in [-0.4, -0.2) is 15.0 Å². The topological polar surface area (TPSA) is 46.2 Å². The summed E-state index contributed by atoms with van der Waals surface area (Å²) in [5, 5.41) is 2.40. The van der Waals surface area contributed by atoms with E-state index in [0.717, 1.165) is 16.2 Å². The number of nitrogens with one attached hydrogen (secondary N) is 1. The third-order valence-electron chi connectivity index (χ3n) is 2.78. The van der Waals surface area contributed by atoms with E-state index in [2.05, 4.69) is 20.7 Å². The number of hydrogen-bond donors (Lipinski definition) is 1. The largest absolute Gasteiger partial charge is 0.250 e. The first-order valence-corrected chi connectivity index (χ1v) is 10.1. The molecule has 0 radical (unpaired) electrons. The molecule has 0 spiro atoms. The van der Waals surface area contributed by atoms with Crippen LogP contribution in [0.2, 0.25) is 5.02 Å². The molecule has 110 valence electrons. The van der Waals surface area contributed by atoms with E-state index in [1.807, 2.05) is 31.4 Å². The molecule has 2 aromatic rings. The average Bonchev–Trinajstić information content (AvgIpc) is 2.99. The van der Waals surface area contributed by atoms with E-state index in [1.165, 1.54) is 6.07 Å². The van der Waals surface area contributed by atoms with E-state index < -0.39 is 10.0 Å². The van der Waals surface area contributed by atoms with Crippen molar-refractivity contribution in [2.24, 2.45) is 0 Å². The van der Waals surface area contributed by atoms with Gasteiger partial charge in [0.1, 0.15) is 4.21 Å². The van der Waals surface area contributed by atoms with Crippen molar-refractivity contribution in [3.8, 4) is 0 Å². The van der Waals surface area contributed by atoms with Crippen LogP contribution in [0.3, 0.4) is 0 Å². The maximum Gasteiger partial charge on any atom is 0.250 e. The summed E-state index contributed by atoms with van der Waals surface area (Å²) in [6.07, 6.45) is 0. The fourth-order valence-electron chi connectivity index (χ4n) is 1.56. The van der Waals surface area contributed by atoms with Gasteiger partial charge in [-0.15, -0.1) is 22.7 Å². The molecule has 1 N–H and O–H groups in total. The molecule has 0 saturated carbocycles. The summed E-state index contributed by atoms with van der Waals surface area (Å²) in [6.45, 7) is 4.36. The molecule has 0 aliphatic rings. The highest BCUT2D eigenvalue weighted by molar-refractivity contribution is 9.11. The lowest BCUT2D eigenvalue weighted by molar-refractivity contribution is 0.510. The molecule has 3 nitrogen and oxygen atoms in total. The van der Waals surface area contributed by atoms with E-state index in [-0.39, 0.29) is 9.62 Å². The Hall–Kier alpha value is 0.0800. The van der Waals surface area contributed by atoms with E-state index in [1.54, 1.807) is 11.3 Å².